The van der Waals surface area contributed by atoms with Crippen LogP contribution in [0.2, 0.25) is 5.02 Å². The van der Waals surface area contributed by atoms with Crippen molar-refractivity contribution in [2.24, 2.45) is 0 Å². The van der Waals surface area contributed by atoms with Crippen LogP contribution >= 0.6 is 11.6 Å². The highest BCUT2D eigenvalue weighted by Gasteiger charge is 2.26. The number of ether oxygens (including phenoxy) is 1. The van der Waals surface area contributed by atoms with Crippen molar-refractivity contribution in [3.05, 3.63) is 59.0 Å². The highest BCUT2D eigenvalue weighted by atomic mass is 35.5. The van der Waals surface area contributed by atoms with Crippen LogP contribution in [0.5, 0.6) is 0 Å². The molecule has 4 heterocycles. The quantitative estimate of drug-likeness (QED) is 0.491. The fourth-order valence-corrected chi connectivity index (χ4v) is 4.30. The first-order valence-corrected chi connectivity index (χ1v) is 10.1. The molecule has 1 saturated heterocycles. The van der Waals surface area contributed by atoms with Gasteiger partial charge in [-0.25, -0.2) is 4.98 Å². The molecule has 0 N–H and O–H groups in total. The minimum absolute atomic E-state index is 0.0159. The minimum atomic E-state index is -2.28. The van der Waals surface area contributed by atoms with Crippen molar-refractivity contribution >= 4 is 33.5 Å². The second-order valence-corrected chi connectivity index (χ2v) is 7.92. The fraction of sp³-hybridized carbons (Fsp3) is 0.364. The Bertz CT molecular complexity index is 1290. The molecule has 1 aliphatic rings. The average Bonchev–Trinajstić information content (AvgIpc) is 3.12. The molecule has 1 fully saturated rings. The monoisotopic (exact) mass is 410 g/mol. The molecule has 1 aromatic carbocycles. The van der Waals surface area contributed by atoms with Crippen molar-refractivity contribution in [2.75, 3.05) is 6.61 Å². The van der Waals surface area contributed by atoms with Gasteiger partial charge in [0.05, 0.1) is 34.7 Å². The van der Waals surface area contributed by atoms with Crippen molar-refractivity contribution in [2.45, 2.75) is 45.2 Å². The number of halogens is 1. The van der Waals surface area contributed by atoms with Crippen LogP contribution in [-0.2, 0) is 11.2 Å². The molecule has 0 aliphatic carbocycles. The molecule has 3 aromatic heterocycles. The number of nitrogens with zero attached hydrogens (tertiary/aromatic N) is 5. The Labute approximate surface area is 178 Å². The van der Waals surface area contributed by atoms with Crippen molar-refractivity contribution in [3.8, 4) is 0 Å². The van der Waals surface area contributed by atoms with Crippen LogP contribution in [0.4, 0.5) is 0 Å². The zero-order valence-electron chi connectivity index (χ0n) is 19.0. The second-order valence-electron chi connectivity index (χ2n) is 7.48. The van der Waals surface area contributed by atoms with Gasteiger partial charge in [-0.15, -0.1) is 0 Å². The van der Waals surface area contributed by atoms with E-state index in [-0.39, 0.29) is 17.8 Å². The lowest BCUT2D eigenvalue weighted by Crippen LogP contribution is -2.26. The second kappa shape index (κ2) is 7.35. The van der Waals surface area contributed by atoms with Crippen LogP contribution in [0.15, 0.2) is 36.8 Å². The SMILES string of the molecule is [2H]C([2H])([2H])c1cnc(Cc2nc3cnc4ccc(Cl)cc4c3n2[C@@H]2CCO[C@H](C)C2)cn1. The predicted octanol–water partition coefficient (Wildman–Crippen LogP) is 4.67. The van der Waals surface area contributed by atoms with E-state index in [9.17, 15) is 0 Å². The van der Waals surface area contributed by atoms with Crippen LogP contribution in [0.25, 0.3) is 21.9 Å². The van der Waals surface area contributed by atoms with Gasteiger partial charge in [-0.05, 0) is 44.8 Å². The molecule has 148 valence electrons. The third kappa shape index (κ3) is 3.47. The zero-order chi connectivity index (χ0) is 22.5. The van der Waals surface area contributed by atoms with Gasteiger partial charge < -0.3 is 9.30 Å². The van der Waals surface area contributed by atoms with Crippen molar-refractivity contribution in [1.82, 2.24) is 24.5 Å². The summed E-state index contributed by atoms with van der Waals surface area (Å²) in [5.74, 6) is 0.837. The summed E-state index contributed by atoms with van der Waals surface area (Å²) in [7, 11) is 0. The Kier molecular flexibility index (Phi) is 3.88. The number of fused-ring (bicyclic) bond motifs is 3. The molecule has 6 nitrogen and oxygen atoms in total. The van der Waals surface area contributed by atoms with E-state index in [1.807, 2.05) is 18.2 Å². The largest absolute Gasteiger partial charge is 0.378 e. The van der Waals surface area contributed by atoms with E-state index in [4.69, 9.17) is 25.4 Å². The molecule has 5 rings (SSSR count). The lowest BCUT2D eigenvalue weighted by molar-refractivity contribution is 0.00631. The third-order valence-electron chi connectivity index (χ3n) is 5.42. The summed E-state index contributed by atoms with van der Waals surface area (Å²) < 4.78 is 30.6. The molecule has 0 saturated carbocycles. The van der Waals surface area contributed by atoms with Gasteiger partial charge in [-0.1, -0.05) is 11.6 Å². The van der Waals surface area contributed by atoms with E-state index < -0.39 is 6.85 Å². The van der Waals surface area contributed by atoms with Gasteiger partial charge in [0.15, 0.2) is 0 Å². The van der Waals surface area contributed by atoms with E-state index in [0.29, 0.717) is 23.7 Å². The number of aryl methyl sites for hydroxylation is 1. The minimum Gasteiger partial charge on any atom is -0.378 e. The first-order chi connectivity index (χ1) is 15.3. The van der Waals surface area contributed by atoms with Crippen LogP contribution in [0.1, 0.15) is 47.1 Å². The highest BCUT2D eigenvalue weighted by Crippen LogP contribution is 2.34. The molecule has 0 amide bonds. The lowest BCUT2D eigenvalue weighted by Gasteiger charge is -2.30. The topological polar surface area (TPSA) is 65.7 Å². The number of benzene rings is 1. The highest BCUT2D eigenvalue weighted by molar-refractivity contribution is 6.31. The molecule has 7 heteroatoms. The maximum Gasteiger partial charge on any atom is 0.116 e. The molecular weight excluding hydrogens is 386 g/mol. The van der Waals surface area contributed by atoms with E-state index in [0.717, 1.165) is 40.6 Å². The number of imidazole rings is 1. The van der Waals surface area contributed by atoms with Crippen LogP contribution in [-0.4, -0.2) is 37.2 Å². The number of pyridine rings is 1. The molecule has 0 bridgehead atoms. The Morgan fingerprint density at radius 1 is 1.21 bits per heavy atom. The van der Waals surface area contributed by atoms with Crippen LogP contribution in [0.3, 0.4) is 0 Å². The van der Waals surface area contributed by atoms with Crippen molar-refractivity contribution in [1.29, 1.82) is 0 Å². The number of aromatic nitrogens is 5. The first kappa shape index (κ1) is 15.3. The maximum atomic E-state index is 7.50. The Hall–Kier alpha value is -2.57. The van der Waals surface area contributed by atoms with Crippen molar-refractivity contribution in [3.63, 3.8) is 0 Å². The smallest absolute Gasteiger partial charge is 0.116 e. The standard InChI is InChI=1S/C22H22ClN5O/c1-13-10-25-16(11-24-13)9-21-27-20-12-26-19-4-3-15(23)8-18(19)22(20)28(21)17-5-6-29-14(2)7-17/h3-4,8,10-12,14,17H,5-7,9H2,1-2H3/t14-,17-/m1/s1/i1D3. The number of hydrogen-bond acceptors (Lipinski definition) is 5. The van der Waals surface area contributed by atoms with E-state index in [1.165, 1.54) is 12.4 Å². The molecule has 4 aromatic rings. The molecular formula is C22H22ClN5O. The summed E-state index contributed by atoms with van der Waals surface area (Å²) in [5.41, 5.74) is 3.29. The Morgan fingerprint density at radius 3 is 2.93 bits per heavy atom. The maximum absolute atomic E-state index is 7.50. The molecule has 0 radical (unpaired) electrons. The van der Waals surface area contributed by atoms with Gasteiger partial charge in [-0.2, -0.15) is 0 Å². The van der Waals surface area contributed by atoms with Gasteiger partial charge in [0.2, 0.25) is 0 Å². The summed E-state index contributed by atoms with van der Waals surface area (Å²) in [6, 6.07) is 5.89. The van der Waals surface area contributed by atoms with Crippen LogP contribution < -0.4 is 0 Å². The molecule has 1 aliphatic heterocycles. The number of rotatable bonds is 3. The fourth-order valence-electron chi connectivity index (χ4n) is 4.13. The molecule has 29 heavy (non-hydrogen) atoms. The average molecular weight is 411 g/mol. The Balaban J connectivity index is 1.65. The van der Waals surface area contributed by atoms with Gasteiger partial charge in [0, 0.05) is 46.0 Å². The van der Waals surface area contributed by atoms with E-state index in [2.05, 4.69) is 26.4 Å². The van der Waals surface area contributed by atoms with Gasteiger partial charge >= 0.3 is 0 Å². The van der Waals surface area contributed by atoms with Crippen molar-refractivity contribution < 1.29 is 8.85 Å². The van der Waals surface area contributed by atoms with Gasteiger partial charge in [-0.3, -0.25) is 15.0 Å². The third-order valence-corrected chi connectivity index (χ3v) is 5.65. The summed E-state index contributed by atoms with van der Waals surface area (Å²) >= 11 is 6.33. The Morgan fingerprint density at radius 2 is 2.14 bits per heavy atom. The predicted molar refractivity (Wildman–Crippen MR) is 113 cm³/mol. The summed E-state index contributed by atoms with van der Waals surface area (Å²) in [5, 5.41) is 1.60. The van der Waals surface area contributed by atoms with E-state index in [1.54, 1.807) is 6.20 Å². The van der Waals surface area contributed by atoms with Gasteiger partial charge in [0.25, 0.3) is 0 Å². The molecule has 2 atom stereocenters. The molecule has 0 spiro atoms. The molecule has 0 unspecified atom stereocenters. The number of hydrogen-bond donors (Lipinski definition) is 0. The summed E-state index contributed by atoms with van der Waals surface area (Å²) in [6.07, 6.45) is 6.94. The van der Waals surface area contributed by atoms with Gasteiger partial charge in [0.1, 0.15) is 11.3 Å². The van der Waals surface area contributed by atoms with E-state index >= 15 is 0 Å². The van der Waals surface area contributed by atoms with Crippen LogP contribution in [0, 0.1) is 6.85 Å². The lowest BCUT2D eigenvalue weighted by atomic mass is 10.0. The normalized spacial score (nSPS) is 21.8. The summed E-state index contributed by atoms with van der Waals surface area (Å²) in [4.78, 5) is 17.9. The first-order valence-electron chi connectivity index (χ1n) is 11.2. The zero-order valence-corrected chi connectivity index (χ0v) is 16.7. The summed E-state index contributed by atoms with van der Waals surface area (Å²) in [6.45, 7) is 0.489.